The second-order valence-electron chi connectivity index (χ2n) is 4.15. The van der Waals surface area contributed by atoms with Gasteiger partial charge in [-0.3, -0.25) is 4.79 Å². The van der Waals surface area contributed by atoms with Crippen LogP contribution in [-0.4, -0.2) is 30.3 Å². The van der Waals surface area contributed by atoms with Gasteiger partial charge in [0.2, 0.25) is 0 Å². The number of benzene rings is 1. The first kappa shape index (κ1) is 11.9. The molecular formula is C13H17NO3. The number of nitrogens with zero attached hydrogens (tertiary/aromatic N) is 1. The summed E-state index contributed by atoms with van der Waals surface area (Å²) in [7, 11) is 0. The number of para-hydroxylation sites is 2. The molecule has 1 atom stereocenters. The van der Waals surface area contributed by atoms with Crippen LogP contribution in [-0.2, 0) is 4.79 Å². The summed E-state index contributed by atoms with van der Waals surface area (Å²) >= 11 is 0. The van der Waals surface area contributed by atoms with E-state index >= 15 is 0 Å². The lowest BCUT2D eigenvalue weighted by atomic mass is 10.1. The molecule has 4 heteroatoms. The van der Waals surface area contributed by atoms with Crippen LogP contribution in [0.3, 0.4) is 0 Å². The lowest BCUT2D eigenvalue weighted by molar-refractivity contribution is -0.125. The van der Waals surface area contributed by atoms with Gasteiger partial charge < -0.3 is 14.7 Å². The fourth-order valence-electron chi connectivity index (χ4n) is 1.97. The molecular weight excluding hydrogens is 218 g/mol. The van der Waals surface area contributed by atoms with Gasteiger partial charge in [0, 0.05) is 13.2 Å². The Morgan fingerprint density at radius 2 is 2.12 bits per heavy atom. The lowest BCUT2D eigenvalue weighted by Crippen LogP contribution is -2.44. The number of ether oxygens (including phenoxy) is 1. The van der Waals surface area contributed by atoms with Crippen molar-refractivity contribution in [3.05, 3.63) is 24.3 Å². The van der Waals surface area contributed by atoms with E-state index in [0.717, 1.165) is 17.9 Å². The third-order valence-corrected chi connectivity index (χ3v) is 2.86. The van der Waals surface area contributed by atoms with Gasteiger partial charge in [0.15, 0.2) is 6.10 Å². The van der Waals surface area contributed by atoms with Gasteiger partial charge in [0.25, 0.3) is 5.91 Å². The number of rotatable bonds is 4. The predicted octanol–water partition coefficient (Wildman–Crippen LogP) is 1.57. The highest BCUT2D eigenvalue weighted by Crippen LogP contribution is 2.33. The first-order valence-corrected chi connectivity index (χ1v) is 5.92. The van der Waals surface area contributed by atoms with Gasteiger partial charge in [0.05, 0.1) is 5.69 Å². The number of hydrogen-bond acceptors (Lipinski definition) is 3. The van der Waals surface area contributed by atoms with Crippen molar-refractivity contribution in [1.29, 1.82) is 0 Å². The summed E-state index contributed by atoms with van der Waals surface area (Å²) in [6, 6.07) is 7.55. The quantitative estimate of drug-likeness (QED) is 0.806. The summed E-state index contributed by atoms with van der Waals surface area (Å²) in [4.78, 5) is 13.8. The van der Waals surface area contributed by atoms with E-state index in [0.29, 0.717) is 13.0 Å². The molecule has 1 aliphatic heterocycles. The Labute approximate surface area is 101 Å². The molecule has 0 radical (unpaired) electrons. The van der Waals surface area contributed by atoms with Gasteiger partial charge in [-0.25, -0.2) is 0 Å². The fourth-order valence-corrected chi connectivity index (χ4v) is 1.97. The first-order valence-electron chi connectivity index (χ1n) is 5.92. The van der Waals surface area contributed by atoms with Gasteiger partial charge in [-0.1, -0.05) is 12.1 Å². The molecule has 17 heavy (non-hydrogen) atoms. The number of fused-ring (bicyclic) bond motifs is 1. The molecule has 1 aromatic carbocycles. The van der Waals surface area contributed by atoms with Gasteiger partial charge in [-0.05, 0) is 31.9 Å². The molecule has 0 spiro atoms. The molecule has 0 bridgehead atoms. The van der Waals surface area contributed by atoms with E-state index in [1.165, 1.54) is 0 Å². The molecule has 0 saturated heterocycles. The zero-order chi connectivity index (χ0) is 12.3. The van der Waals surface area contributed by atoms with Crippen LogP contribution in [0, 0.1) is 0 Å². The minimum atomic E-state index is -0.431. The van der Waals surface area contributed by atoms with E-state index in [-0.39, 0.29) is 12.5 Å². The third-order valence-electron chi connectivity index (χ3n) is 2.86. The van der Waals surface area contributed by atoms with Crippen molar-refractivity contribution in [3.63, 3.8) is 0 Å². The SMILES string of the molecule is CC1Oc2ccccc2N(CCCCO)C1=O. The average molecular weight is 235 g/mol. The highest BCUT2D eigenvalue weighted by Gasteiger charge is 2.30. The standard InChI is InChI=1S/C13H17NO3/c1-10-13(16)14(8-4-5-9-15)11-6-2-3-7-12(11)17-10/h2-3,6-7,10,15H,4-5,8-9H2,1H3. The van der Waals surface area contributed by atoms with E-state index in [1.807, 2.05) is 24.3 Å². The molecule has 0 fully saturated rings. The predicted molar refractivity (Wildman–Crippen MR) is 65.2 cm³/mol. The summed E-state index contributed by atoms with van der Waals surface area (Å²) in [5.41, 5.74) is 0.827. The highest BCUT2D eigenvalue weighted by molar-refractivity contribution is 5.99. The van der Waals surface area contributed by atoms with Crippen molar-refractivity contribution < 1.29 is 14.6 Å². The molecule has 0 aromatic heterocycles. The van der Waals surface area contributed by atoms with Crippen molar-refractivity contribution >= 4 is 11.6 Å². The Morgan fingerprint density at radius 1 is 1.35 bits per heavy atom. The molecule has 1 aromatic rings. The number of anilines is 1. The minimum absolute atomic E-state index is 0.0124. The molecule has 0 saturated carbocycles. The van der Waals surface area contributed by atoms with Crippen LogP contribution in [0.2, 0.25) is 0 Å². The van der Waals surface area contributed by atoms with Crippen molar-refractivity contribution in [1.82, 2.24) is 0 Å². The smallest absolute Gasteiger partial charge is 0.267 e. The lowest BCUT2D eigenvalue weighted by Gasteiger charge is -2.32. The number of amides is 1. The molecule has 4 nitrogen and oxygen atoms in total. The van der Waals surface area contributed by atoms with E-state index in [9.17, 15) is 4.79 Å². The largest absolute Gasteiger partial charge is 0.479 e. The van der Waals surface area contributed by atoms with Crippen molar-refractivity contribution in [2.24, 2.45) is 0 Å². The number of hydrogen-bond donors (Lipinski definition) is 1. The van der Waals surface area contributed by atoms with Gasteiger partial charge in [-0.2, -0.15) is 0 Å². The van der Waals surface area contributed by atoms with Crippen LogP contribution < -0.4 is 9.64 Å². The molecule has 1 amide bonds. The average Bonchev–Trinajstić information content (AvgIpc) is 2.34. The number of carbonyl (C=O) groups is 1. The number of aliphatic hydroxyl groups excluding tert-OH is 1. The van der Waals surface area contributed by atoms with E-state index < -0.39 is 6.10 Å². The zero-order valence-electron chi connectivity index (χ0n) is 9.93. The second kappa shape index (κ2) is 5.19. The molecule has 1 heterocycles. The van der Waals surface area contributed by atoms with Crippen LogP contribution in [0.5, 0.6) is 5.75 Å². The fraction of sp³-hybridized carbons (Fsp3) is 0.462. The molecule has 1 aliphatic rings. The van der Waals surface area contributed by atoms with Crippen molar-refractivity contribution in [2.75, 3.05) is 18.1 Å². The van der Waals surface area contributed by atoms with Gasteiger partial charge >= 0.3 is 0 Å². The summed E-state index contributed by atoms with van der Waals surface area (Å²) in [6.45, 7) is 2.55. The second-order valence-corrected chi connectivity index (χ2v) is 4.15. The minimum Gasteiger partial charge on any atom is -0.479 e. The number of carbonyl (C=O) groups excluding carboxylic acids is 1. The molecule has 0 aliphatic carbocycles. The van der Waals surface area contributed by atoms with E-state index in [2.05, 4.69) is 0 Å². The topological polar surface area (TPSA) is 49.8 Å². The van der Waals surface area contributed by atoms with E-state index in [4.69, 9.17) is 9.84 Å². The zero-order valence-corrected chi connectivity index (χ0v) is 9.93. The summed E-state index contributed by atoms with van der Waals surface area (Å²) in [6.07, 6.45) is 1.07. The molecule has 1 unspecified atom stereocenters. The summed E-state index contributed by atoms with van der Waals surface area (Å²) < 4.78 is 5.54. The first-order chi connectivity index (χ1) is 8.24. The Hall–Kier alpha value is -1.55. The third kappa shape index (κ3) is 2.42. The molecule has 2 rings (SSSR count). The maximum atomic E-state index is 12.0. The van der Waals surface area contributed by atoms with Gasteiger partial charge in [0.1, 0.15) is 5.75 Å². The number of unbranched alkanes of at least 4 members (excludes halogenated alkanes) is 1. The monoisotopic (exact) mass is 235 g/mol. The Morgan fingerprint density at radius 3 is 2.88 bits per heavy atom. The van der Waals surface area contributed by atoms with Gasteiger partial charge in [-0.15, -0.1) is 0 Å². The van der Waals surface area contributed by atoms with Crippen molar-refractivity contribution in [3.8, 4) is 5.75 Å². The van der Waals surface area contributed by atoms with E-state index in [1.54, 1.807) is 11.8 Å². The highest BCUT2D eigenvalue weighted by atomic mass is 16.5. The summed E-state index contributed by atoms with van der Waals surface area (Å²) in [5.74, 6) is 0.741. The maximum Gasteiger partial charge on any atom is 0.267 e. The number of aliphatic hydroxyl groups is 1. The Bertz CT molecular complexity index is 405. The van der Waals surface area contributed by atoms with Crippen LogP contribution >= 0.6 is 0 Å². The normalized spacial score (nSPS) is 18.8. The van der Waals surface area contributed by atoms with Crippen LogP contribution in [0.15, 0.2) is 24.3 Å². The van der Waals surface area contributed by atoms with Crippen LogP contribution in [0.25, 0.3) is 0 Å². The van der Waals surface area contributed by atoms with Crippen LogP contribution in [0.4, 0.5) is 5.69 Å². The van der Waals surface area contributed by atoms with Crippen LogP contribution in [0.1, 0.15) is 19.8 Å². The van der Waals surface area contributed by atoms with Crippen molar-refractivity contribution in [2.45, 2.75) is 25.9 Å². The Kier molecular flexibility index (Phi) is 3.64. The summed E-state index contributed by atoms with van der Waals surface area (Å²) in [5, 5.41) is 8.78. The Balaban J connectivity index is 2.20. The molecule has 92 valence electrons. The molecule has 1 N–H and O–H groups in total. The maximum absolute atomic E-state index is 12.0.